The van der Waals surface area contributed by atoms with Crippen molar-refractivity contribution in [2.45, 2.75) is 10.6 Å². The van der Waals surface area contributed by atoms with Crippen molar-refractivity contribution in [2.24, 2.45) is 0 Å². The fourth-order valence-electron chi connectivity index (χ4n) is 2.99. The number of nitrogens with zero attached hydrogens (tertiary/aromatic N) is 2. The number of methoxy groups -OCH3 is 2. The predicted molar refractivity (Wildman–Crippen MR) is 118 cm³/mol. The summed E-state index contributed by atoms with van der Waals surface area (Å²) in [6.45, 7) is 0. The van der Waals surface area contributed by atoms with Gasteiger partial charge in [0.2, 0.25) is 0 Å². The van der Waals surface area contributed by atoms with Crippen LogP contribution in [0.25, 0.3) is 10.9 Å². The molecule has 0 spiro atoms. The monoisotopic (exact) mass is 403 g/mol. The molecule has 1 aromatic heterocycles. The van der Waals surface area contributed by atoms with Crippen LogP contribution in [0.2, 0.25) is 0 Å². The lowest BCUT2D eigenvalue weighted by Gasteiger charge is -2.12. The van der Waals surface area contributed by atoms with Crippen LogP contribution in [0, 0.1) is 0 Å². The van der Waals surface area contributed by atoms with E-state index in [9.17, 15) is 0 Å². The molecule has 0 atom stereocenters. The van der Waals surface area contributed by atoms with Crippen LogP contribution in [-0.2, 0) is 5.75 Å². The van der Waals surface area contributed by atoms with E-state index in [0.717, 1.165) is 28.2 Å². The van der Waals surface area contributed by atoms with Crippen molar-refractivity contribution in [3.63, 3.8) is 0 Å². The largest absolute Gasteiger partial charge is 0.493 e. The number of benzene rings is 3. The van der Waals surface area contributed by atoms with Gasteiger partial charge in [-0.2, -0.15) is 0 Å². The van der Waals surface area contributed by atoms with Crippen LogP contribution in [0.4, 0.5) is 11.5 Å². The van der Waals surface area contributed by atoms with E-state index in [1.54, 1.807) is 20.5 Å². The molecule has 146 valence electrons. The Morgan fingerprint density at radius 1 is 0.862 bits per heavy atom. The van der Waals surface area contributed by atoms with Gasteiger partial charge in [-0.05, 0) is 35.9 Å². The maximum Gasteiger partial charge on any atom is 0.162 e. The summed E-state index contributed by atoms with van der Waals surface area (Å²) in [5.41, 5.74) is 3.02. The minimum absolute atomic E-state index is 0.643. The molecule has 1 N–H and O–H groups in total. The smallest absolute Gasteiger partial charge is 0.162 e. The van der Waals surface area contributed by atoms with E-state index >= 15 is 0 Å². The van der Waals surface area contributed by atoms with E-state index in [-0.39, 0.29) is 0 Å². The number of thioether (sulfide) groups is 1. The maximum absolute atomic E-state index is 5.42. The van der Waals surface area contributed by atoms with Crippen LogP contribution in [0.1, 0.15) is 5.56 Å². The summed E-state index contributed by atoms with van der Waals surface area (Å²) in [5, 5.41) is 4.25. The van der Waals surface area contributed by atoms with Gasteiger partial charge in [-0.1, -0.05) is 30.3 Å². The molecule has 0 aliphatic carbocycles. The summed E-state index contributed by atoms with van der Waals surface area (Å²) in [6, 6.07) is 22.5. The SMILES string of the molecule is COc1cc2ncnc(Nc3ccc(CSc4ccccc4)cc3)c2cc1OC. The average molecular weight is 404 g/mol. The third-order valence-corrected chi connectivity index (χ3v) is 5.59. The van der Waals surface area contributed by atoms with Gasteiger partial charge in [-0.15, -0.1) is 11.8 Å². The second kappa shape index (κ2) is 8.84. The van der Waals surface area contributed by atoms with Gasteiger partial charge in [0, 0.05) is 27.8 Å². The van der Waals surface area contributed by atoms with Gasteiger partial charge in [-0.25, -0.2) is 9.97 Å². The first-order valence-corrected chi connectivity index (χ1v) is 10.2. The summed E-state index contributed by atoms with van der Waals surface area (Å²) in [7, 11) is 3.23. The number of anilines is 2. The van der Waals surface area contributed by atoms with Gasteiger partial charge in [0.25, 0.3) is 0 Å². The van der Waals surface area contributed by atoms with E-state index in [0.29, 0.717) is 11.5 Å². The molecule has 0 amide bonds. The zero-order chi connectivity index (χ0) is 20.1. The molecule has 3 aromatic carbocycles. The number of aromatic nitrogens is 2. The first kappa shape index (κ1) is 19.1. The standard InChI is InChI=1S/C23H21N3O2S/c1-27-21-12-19-20(13-22(21)28-2)24-15-25-23(19)26-17-10-8-16(9-11-17)14-29-18-6-4-3-5-7-18/h3-13,15H,14H2,1-2H3,(H,24,25,26). The van der Waals surface area contributed by atoms with Gasteiger partial charge < -0.3 is 14.8 Å². The van der Waals surface area contributed by atoms with Gasteiger partial charge in [0.1, 0.15) is 12.1 Å². The van der Waals surface area contributed by atoms with Gasteiger partial charge >= 0.3 is 0 Å². The molecule has 4 rings (SSSR count). The molecule has 1 heterocycles. The zero-order valence-electron chi connectivity index (χ0n) is 16.3. The lowest BCUT2D eigenvalue weighted by Crippen LogP contribution is -1.98. The van der Waals surface area contributed by atoms with Crippen molar-refractivity contribution in [2.75, 3.05) is 19.5 Å². The molecule has 0 saturated carbocycles. The Morgan fingerprint density at radius 3 is 2.31 bits per heavy atom. The first-order valence-electron chi connectivity index (χ1n) is 9.17. The fraction of sp³-hybridized carbons (Fsp3) is 0.130. The fourth-order valence-corrected chi connectivity index (χ4v) is 3.86. The summed E-state index contributed by atoms with van der Waals surface area (Å²) < 4.78 is 10.8. The number of fused-ring (bicyclic) bond motifs is 1. The lowest BCUT2D eigenvalue weighted by atomic mass is 10.2. The average Bonchev–Trinajstić information content (AvgIpc) is 2.78. The van der Waals surface area contributed by atoms with Crippen molar-refractivity contribution >= 4 is 34.2 Å². The second-order valence-corrected chi connectivity index (χ2v) is 7.42. The van der Waals surface area contributed by atoms with Crippen LogP contribution < -0.4 is 14.8 Å². The maximum atomic E-state index is 5.42. The molecule has 0 aliphatic rings. The van der Waals surface area contributed by atoms with E-state index in [4.69, 9.17) is 9.47 Å². The summed E-state index contributed by atoms with van der Waals surface area (Å²) in [5.74, 6) is 2.94. The number of ether oxygens (including phenoxy) is 2. The Bertz CT molecular complexity index is 1100. The number of nitrogens with one attached hydrogen (secondary N) is 1. The molecule has 0 saturated heterocycles. The Labute approximate surface area is 174 Å². The van der Waals surface area contributed by atoms with Crippen molar-refractivity contribution in [1.29, 1.82) is 0 Å². The highest BCUT2D eigenvalue weighted by Crippen LogP contribution is 2.34. The van der Waals surface area contributed by atoms with Crippen LogP contribution in [-0.4, -0.2) is 24.2 Å². The summed E-state index contributed by atoms with van der Waals surface area (Å²) in [4.78, 5) is 10.0. The molecule has 4 aromatic rings. The molecule has 0 fully saturated rings. The number of hydrogen-bond acceptors (Lipinski definition) is 6. The highest BCUT2D eigenvalue weighted by Gasteiger charge is 2.11. The Morgan fingerprint density at radius 2 is 1.59 bits per heavy atom. The van der Waals surface area contributed by atoms with E-state index in [1.165, 1.54) is 10.5 Å². The topological polar surface area (TPSA) is 56.3 Å². The van der Waals surface area contributed by atoms with Crippen molar-refractivity contribution < 1.29 is 9.47 Å². The second-order valence-electron chi connectivity index (χ2n) is 6.37. The minimum atomic E-state index is 0.643. The van der Waals surface area contributed by atoms with Gasteiger partial charge in [-0.3, -0.25) is 0 Å². The molecule has 0 bridgehead atoms. The molecule has 6 heteroatoms. The molecular formula is C23H21N3O2S. The molecule has 0 radical (unpaired) electrons. The van der Waals surface area contributed by atoms with E-state index < -0.39 is 0 Å². The van der Waals surface area contributed by atoms with Gasteiger partial charge in [0.05, 0.1) is 19.7 Å². The Balaban J connectivity index is 1.52. The van der Waals surface area contributed by atoms with Crippen molar-refractivity contribution in [3.05, 3.63) is 78.6 Å². The predicted octanol–water partition coefficient (Wildman–Crippen LogP) is 5.68. The van der Waals surface area contributed by atoms with Crippen LogP contribution in [0.15, 0.2) is 78.0 Å². The van der Waals surface area contributed by atoms with Crippen LogP contribution in [0.5, 0.6) is 11.5 Å². The van der Waals surface area contributed by atoms with Crippen molar-refractivity contribution in [3.8, 4) is 11.5 Å². The van der Waals surface area contributed by atoms with Gasteiger partial charge in [0.15, 0.2) is 11.5 Å². The normalized spacial score (nSPS) is 10.7. The molecular weight excluding hydrogens is 382 g/mol. The highest BCUT2D eigenvalue weighted by molar-refractivity contribution is 7.98. The van der Waals surface area contributed by atoms with E-state index in [2.05, 4.69) is 63.8 Å². The van der Waals surface area contributed by atoms with Crippen LogP contribution >= 0.6 is 11.8 Å². The van der Waals surface area contributed by atoms with Crippen LogP contribution in [0.3, 0.4) is 0 Å². The third-order valence-electron chi connectivity index (χ3n) is 4.51. The quantitative estimate of drug-likeness (QED) is 0.401. The molecule has 5 nitrogen and oxygen atoms in total. The summed E-state index contributed by atoms with van der Waals surface area (Å²) in [6.07, 6.45) is 1.54. The first-order chi connectivity index (χ1) is 14.3. The molecule has 0 aliphatic heterocycles. The van der Waals surface area contributed by atoms with Crippen molar-refractivity contribution in [1.82, 2.24) is 9.97 Å². The zero-order valence-corrected chi connectivity index (χ0v) is 17.1. The highest BCUT2D eigenvalue weighted by atomic mass is 32.2. The number of hydrogen-bond donors (Lipinski definition) is 1. The molecule has 0 unspecified atom stereocenters. The Hall–Kier alpha value is -3.25. The third kappa shape index (κ3) is 4.43. The molecule has 29 heavy (non-hydrogen) atoms. The van der Waals surface area contributed by atoms with E-state index in [1.807, 2.05) is 30.0 Å². The summed E-state index contributed by atoms with van der Waals surface area (Å²) >= 11 is 1.83. The number of rotatable bonds is 7. The lowest BCUT2D eigenvalue weighted by molar-refractivity contribution is 0.356. The minimum Gasteiger partial charge on any atom is -0.493 e. The Kier molecular flexibility index (Phi) is 5.81.